The van der Waals surface area contributed by atoms with Crippen molar-refractivity contribution in [2.24, 2.45) is 0 Å². The molecule has 1 aromatic carbocycles. The van der Waals surface area contributed by atoms with Crippen LogP contribution in [0.5, 0.6) is 0 Å². The average molecular weight is 318 g/mol. The van der Waals surface area contributed by atoms with E-state index in [0.717, 1.165) is 22.5 Å². The lowest BCUT2D eigenvalue weighted by atomic mass is 10.3. The molecular formula is C11H14N2O3S3. The maximum absolute atomic E-state index is 12.1. The summed E-state index contributed by atoms with van der Waals surface area (Å²) < 4.78 is 30.5. The second-order valence-electron chi connectivity index (χ2n) is 4.24. The molecule has 1 aromatic rings. The summed E-state index contributed by atoms with van der Waals surface area (Å²) in [6.45, 7) is 0.312. The zero-order valence-electron chi connectivity index (χ0n) is 10.2. The van der Waals surface area contributed by atoms with Crippen LogP contribution in [0.4, 0.5) is 5.69 Å². The van der Waals surface area contributed by atoms with Crippen LogP contribution in [0.3, 0.4) is 0 Å². The highest BCUT2D eigenvalue weighted by Crippen LogP contribution is 2.28. The van der Waals surface area contributed by atoms with Crippen LogP contribution in [-0.2, 0) is 14.8 Å². The largest absolute Gasteiger partial charge is 0.353 e. The molecule has 104 valence electrons. The van der Waals surface area contributed by atoms with Crippen LogP contribution in [0.1, 0.15) is 0 Å². The molecule has 8 heteroatoms. The molecule has 5 nitrogen and oxygen atoms in total. The molecular weight excluding hydrogens is 304 g/mol. The Kier molecular flexibility index (Phi) is 3.95. The van der Waals surface area contributed by atoms with E-state index in [1.54, 1.807) is 12.1 Å². The zero-order chi connectivity index (χ0) is 13.3. The lowest BCUT2D eigenvalue weighted by Crippen LogP contribution is -2.44. The van der Waals surface area contributed by atoms with Crippen LogP contribution >= 0.6 is 23.5 Å². The summed E-state index contributed by atoms with van der Waals surface area (Å²) in [6.07, 6.45) is 0. The van der Waals surface area contributed by atoms with E-state index in [9.17, 15) is 8.42 Å². The first-order chi connectivity index (χ1) is 9.18. The quantitative estimate of drug-likeness (QED) is 0.847. The molecule has 2 heterocycles. The van der Waals surface area contributed by atoms with Gasteiger partial charge in [0.15, 0.2) is 0 Å². The first kappa shape index (κ1) is 13.6. The topological polar surface area (TPSA) is 49.9 Å². The Hall–Kier alpha value is -0.410. The molecule has 0 bridgehead atoms. The Morgan fingerprint density at radius 1 is 1.05 bits per heavy atom. The predicted molar refractivity (Wildman–Crippen MR) is 78.5 cm³/mol. The summed E-state index contributed by atoms with van der Waals surface area (Å²) in [4.78, 5) is 2.57. The first-order valence-corrected chi connectivity index (χ1v) is 9.51. The van der Waals surface area contributed by atoms with Gasteiger partial charge in [-0.2, -0.15) is 0 Å². The summed E-state index contributed by atoms with van der Waals surface area (Å²) >= 11 is 3.74. The van der Waals surface area contributed by atoms with Crippen LogP contribution < -0.4 is 4.90 Å². The molecule has 0 spiro atoms. The fourth-order valence-electron chi connectivity index (χ4n) is 1.82. The molecule has 0 aromatic heterocycles. The molecule has 2 aliphatic heterocycles. The highest BCUT2D eigenvalue weighted by molar-refractivity contribution is 8.16. The third kappa shape index (κ3) is 2.73. The van der Waals surface area contributed by atoms with E-state index in [-0.39, 0.29) is 13.5 Å². The van der Waals surface area contributed by atoms with Crippen molar-refractivity contribution in [2.45, 2.75) is 4.90 Å². The summed E-state index contributed by atoms with van der Waals surface area (Å²) in [7, 11) is -3.37. The Balaban J connectivity index is 1.78. The fourth-order valence-corrected chi connectivity index (χ4v) is 5.13. The van der Waals surface area contributed by atoms with Gasteiger partial charge in [0.2, 0.25) is 10.0 Å². The molecule has 0 aliphatic carbocycles. The second kappa shape index (κ2) is 5.53. The lowest BCUT2D eigenvalue weighted by molar-refractivity contribution is -0.0877. The van der Waals surface area contributed by atoms with Crippen molar-refractivity contribution < 1.29 is 13.2 Å². The van der Waals surface area contributed by atoms with Crippen LogP contribution in [0, 0.1) is 0 Å². The third-order valence-electron chi connectivity index (χ3n) is 2.97. The van der Waals surface area contributed by atoms with E-state index in [1.165, 1.54) is 4.31 Å². The fraction of sp³-hybridized carbons (Fsp3) is 0.455. The molecule has 2 fully saturated rings. The molecule has 2 saturated heterocycles. The van der Waals surface area contributed by atoms with E-state index in [4.69, 9.17) is 4.74 Å². The van der Waals surface area contributed by atoms with E-state index in [0.29, 0.717) is 4.90 Å². The number of nitrogens with zero attached hydrogens (tertiary/aromatic N) is 2. The number of sulfonamides is 1. The van der Waals surface area contributed by atoms with Gasteiger partial charge in [-0.1, -0.05) is 0 Å². The number of benzene rings is 1. The number of anilines is 1. The highest BCUT2D eigenvalue weighted by Gasteiger charge is 2.30. The average Bonchev–Trinajstić information content (AvgIpc) is 2.37. The molecule has 0 saturated carbocycles. The van der Waals surface area contributed by atoms with Crippen LogP contribution in [-0.4, -0.2) is 43.0 Å². The van der Waals surface area contributed by atoms with Gasteiger partial charge in [0.25, 0.3) is 0 Å². The lowest BCUT2D eigenvalue weighted by Gasteiger charge is -2.30. The molecule has 2 aliphatic rings. The number of hydrogen-bond donors (Lipinski definition) is 0. The summed E-state index contributed by atoms with van der Waals surface area (Å²) in [5, 5.41) is 1.12. The SMILES string of the molecule is O=S(=O)(c1ccc(N2CSCSC2)cc1)N1COC1. The van der Waals surface area contributed by atoms with Crippen molar-refractivity contribution in [2.75, 3.05) is 35.2 Å². The van der Waals surface area contributed by atoms with Gasteiger partial charge in [0, 0.05) is 10.8 Å². The minimum absolute atomic E-state index is 0.156. The number of ether oxygens (including phenoxy) is 1. The highest BCUT2D eigenvalue weighted by atomic mass is 32.2. The summed E-state index contributed by atoms with van der Waals surface area (Å²) in [5.74, 6) is 1.91. The number of rotatable bonds is 3. The van der Waals surface area contributed by atoms with E-state index >= 15 is 0 Å². The monoisotopic (exact) mass is 318 g/mol. The molecule has 0 amide bonds. The second-order valence-corrected chi connectivity index (χ2v) is 8.45. The van der Waals surface area contributed by atoms with Gasteiger partial charge in [0.05, 0.1) is 16.6 Å². The molecule has 0 atom stereocenters. The van der Waals surface area contributed by atoms with Crippen molar-refractivity contribution in [1.82, 2.24) is 4.31 Å². The number of hydrogen-bond acceptors (Lipinski definition) is 6. The zero-order valence-corrected chi connectivity index (χ0v) is 12.6. The van der Waals surface area contributed by atoms with Crippen molar-refractivity contribution >= 4 is 39.2 Å². The Bertz CT molecular complexity index is 537. The molecule has 0 unspecified atom stereocenters. The summed E-state index contributed by atoms with van der Waals surface area (Å²) in [6, 6.07) is 7.10. The van der Waals surface area contributed by atoms with Gasteiger partial charge in [-0.15, -0.1) is 27.8 Å². The van der Waals surface area contributed by atoms with Crippen LogP contribution in [0.15, 0.2) is 29.2 Å². The van der Waals surface area contributed by atoms with Gasteiger partial charge in [-0.25, -0.2) is 8.42 Å². The maximum Gasteiger partial charge on any atom is 0.246 e. The Labute approximate surface area is 121 Å². The van der Waals surface area contributed by atoms with E-state index in [2.05, 4.69) is 4.90 Å². The van der Waals surface area contributed by atoms with Gasteiger partial charge < -0.3 is 9.64 Å². The van der Waals surface area contributed by atoms with E-state index < -0.39 is 10.0 Å². The van der Waals surface area contributed by atoms with Crippen molar-refractivity contribution in [3.05, 3.63) is 24.3 Å². The minimum atomic E-state index is -3.37. The third-order valence-corrected chi connectivity index (χ3v) is 7.05. The van der Waals surface area contributed by atoms with Crippen molar-refractivity contribution in [1.29, 1.82) is 0 Å². The maximum atomic E-state index is 12.1. The first-order valence-electron chi connectivity index (χ1n) is 5.76. The van der Waals surface area contributed by atoms with Crippen LogP contribution in [0.2, 0.25) is 0 Å². The Morgan fingerprint density at radius 2 is 1.68 bits per heavy atom. The van der Waals surface area contributed by atoms with Crippen molar-refractivity contribution in [3.63, 3.8) is 0 Å². The molecule has 0 N–H and O–H groups in total. The van der Waals surface area contributed by atoms with Crippen molar-refractivity contribution in [3.8, 4) is 0 Å². The molecule has 3 rings (SSSR count). The molecule has 0 radical (unpaired) electrons. The normalized spacial score (nSPS) is 21.2. The van der Waals surface area contributed by atoms with Gasteiger partial charge in [-0.3, -0.25) is 0 Å². The minimum Gasteiger partial charge on any atom is -0.353 e. The standard InChI is InChI=1S/C11H14N2O3S3/c14-19(15,13-5-16-6-13)11-3-1-10(2-4-11)12-7-17-9-18-8-12/h1-4H,5-9H2. The van der Waals surface area contributed by atoms with Gasteiger partial charge >= 0.3 is 0 Å². The van der Waals surface area contributed by atoms with E-state index in [1.807, 2.05) is 35.7 Å². The Morgan fingerprint density at radius 3 is 2.21 bits per heavy atom. The summed E-state index contributed by atoms with van der Waals surface area (Å²) in [5.41, 5.74) is 1.07. The smallest absolute Gasteiger partial charge is 0.246 e. The number of thioether (sulfide) groups is 2. The van der Waals surface area contributed by atoms with Gasteiger partial charge in [-0.05, 0) is 24.3 Å². The van der Waals surface area contributed by atoms with Gasteiger partial charge in [0.1, 0.15) is 13.5 Å². The predicted octanol–water partition coefficient (Wildman–Crippen LogP) is 1.78. The molecule has 19 heavy (non-hydrogen) atoms. The van der Waals surface area contributed by atoms with Crippen LogP contribution in [0.25, 0.3) is 0 Å².